The molecule has 0 unspecified atom stereocenters. The third-order valence-corrected chi connectivity index (χ3v) is 5.63. The van der Waals surface area contributed by atoms with Gasteiger partial charge < -0.3 is 14.2 Å². The maximum absolute atomic E-state index is 13.2. The van der Waals surface area contributed by atoms with Crippen LogP contribution in [0.15, 0.2) is 71.9 Å². The van der Waals surface area contributed by atoms with Gasteiger partial charge in [-0.15, -0.1) is 0 Å². The summed E-state index contributed by atoms with van der Waals surface area (Å²) in [5, 5.41) is 4.74. The maximum atomic E-state index is 13.2. The second kappa shape index (κ2) is 8.82. The molecule has 0 bridgehead atoms. The number of amides is 1. The summed E-state index contributed by atoms with van der Waals surface area (Å²) >= 11 is 0. The average molecular weight is 471 g/mol. The zero-order valence-corrected chi connectivity index (χ0v) is 19.2. The van der Waals surface area contributed by atoms with Crippen molar-refractivity contribution >= 4 is 22.5 Å². The number of hydrogen-bond acceptors (Lipinski definition) is 7. The van der Waals surface area contributed by atoms with E-state index in [0.29, 0.717) is 33.8 Å². The molecule has 35 heavy (non-hydrogen) atoms. The fourth-order valence-corrected chi connectivity index (χ4v) is 3.91. The summed E-state index contributed by atoms with van der Waals surface area (Å²) in [5.41, 5.74) is 5.39. The molecule has 0 aliphatic carbocycles. The minimum absolute atomic E-state index is 0.222. The molecule has 3 heterocycles. The van der Waals surface area contributed by atoms with Crippen molar-refractivity contribution in [2.75, 3.05) is 26.8 Å². The predicted molar refractivity (Wildman–Crippen MR) is 130 cm³/mol. The molecule has 10 nitrogen and oxygen atoms in total. The lowest BCUT2D eigenvalue weighted by atomic mass is 10.1. The first kappa shape index (κ1) is 22.0. The first-order valence-electron chi connectivity index (χ1n) is 10.6. The van der Waals surface area contributed by atoms with Crippen LogP contribution in [0.4, 0.5) is 0 Å². The summed E-state index contributed by atoms with van der Waals surface area (Å²) in [5.74, 6) is 0.466. The van der Waals surface area contributed by atoms with E-state index in [-0.39, 0.29) is 5.56 Å². The zero-order chi connectivity index (χ0) is 24.5. The molecular weight excluding hydrogens is 450 g/mol. The maximum Gasteiger partial charge on any atom is 0.280 e. The SMILES string of the molecule is COc1cc(C(=O)Nn2ccc3c(cnc4c(-c5ccccc5)cnn43)c2=O)cc(OC)c1OC. The van der Waals surface area contributed by atoms with Gasteiger partial charge in [0.15, 0.2) is 17.1 Å². The molecule has 176 valence electrons. The standard InChI is InChI=1S/C25H21N5O5/c1-33-20-11-16(12-21(34-2)22(20)35-3)24(31)28-29-10-9-19-18(25(29)32)13-26-23-17(14-27-30(19)23)15-7-5-4-6-8-15/h4-14H,1-3H3,(H,28,31). The summed E-state index contributed by atoms with van der Waals surface area (Å²) in [6, 6.07) is 14.5. The van der Waals surface area contributed by atoms with Crippen molar-refractivity contribution in [2.45, 2.75) is 0 Å². The van der Waals surface area contributed by atoms with E-state index < -0.39 is 11.5 Å². The molecule has 5 aromatic rings. The van der Waals surface area contributed by atoms with Crippen LogP contribution in [0, 0.1) is 0 Å². The van der Waals surface area contributed by atoms with Crippen molar-refractivity contribution < 1.29 is 19.0 Å². The van der Waals surface area contributed by atoms with Crippen LogP contribution in [0.2, 0.25) is 0 Å². The molecule has 1 amide bonds. The largest absolute Gasteiger partial charge is 0.493 e. The van der Waals surface area contributed by atoms with Gasteiger partial charge in [-0.2, -0.15) is 5.10 Å². The molecule has 1 N–H and O–H groups in total. The van der Waals surface area contributed by atoms with Gasteiger partial charge in [0.1, 0.15) is 0 Å². The number of rotatable bonds is 6. The van der Waals surface area contributed by atoms with Crippen molar-refractivity contribution in [3.8, 4) is 28.4 Å². The molecule has 2 aromatic carbocycles. The Morgan fingerprint density at radius 3 is 2.31 bits per heavy atom. The molecule has 0 radical (unpaired) electrons. The Labute approximate surface area is 199 Å². The lowest BCUT2D eigenvalue weighted by Gasteiger charge is -2.14. The lowest BCUT2D eigenvalue weighted by Crippen LogP contribution is -2.33. The summed E-state index contributed by atoms with van der Waals surface area (Å²) in [6.07, 6.45) is 4.68. The number of fused-ring (bicyclic) bond motifs is 3. The van der Waals surface area contributed by atoms with E-state index in [4.69, 9.17) is 14.2 Å². The zero-order valence-electron chi connectivity index (χ0n) is 19.2. The van der Waals surface area contributed by atoms with Gasteiger partial charge in [-0.05, 0) is 23.8 Å². The number of ether oxygens (including phenoxy) is 3. The van der Waals surface area contributed by atoms with Crippen LogP contribution < -0.4 is 25.2 Å². The Balaban J connectivity index is 1.53. The molecular formula is C25H21N5O5. The van der Waals surface area contributed by atoms with Crippen molar-refractivity contribution in [3.05, 3.63) is 83.0 Å². The van der Waals surface area contributed by atoms with E-state index in [9.17, 15) is 9.59 Å². The summed E-state index contributed by atoms with van der Waals surface area (Å²) < 4.78 is 18.6. The number of carbonyl (C=O) groups is 1. The van der Waals surface area contributed by atoms with Crippen molar-refractivity contribution in [3.63, 3.8) is 0 Å². The van der Waals surface area contributed by atoms with E-state index in [1.54, 1.807) is 16.8 Å². The summed E-state index contributed by atoms with van der Waals surface area (Å²) in [4.78, 5) is 30.6. The topological polar surface area (TPSA) is 109 Å². The van der Waals surface area contributed by atoms with Crippen LogP contribution in [0.5, 0.6) is 17.2 Å². The molecule has 0 saturated carbocycles. The Kier molecular flexibility index (Phi) is 5.54. The fraction of sp³-hybridized carbons (Fsp3) is 0.120. The molecule has 10 heteroatoms. The minimum atomic E-state index is -0.537. The molecule has 0 aliphatic heterocycles. The van der Waals surface area contributed by atoms with Crippen molar-refractivity contribution in [1.29, 1.82) is 0 Å². The second-order valence-electron chi connectivity index (χ2n) is 7.56. The van der Waals surface area contributed by atoms with E-state index in [1.165, 1.54) is 45.9 Å². The number of aromatic nitrogens is 4. The summed E-state index contributed by atoms with van der Waals surface area (Å²) in [7, 11) is 4.39. The molecule has 0 saturated heterocycles. The highest BCUT2D eigenvalue weighted by Gasteiger charge is 2.18. The molecule has 0 aliphatic rings. The van der Waals surface area contributed by atoms with E-state index in [2.05, 4.69) is 15.5 Å². The fourth-order valence-electron chi connectivity index (χ4n) is 3.91. The summed E-state index contributed by atoms with van der Waals surface area (Å²) in [6.45, 7) is 0. The average Bonchev–Trinajstić information content (AvgIpc) is 3.34. The van der Waals surface area contributed by atoms with Crippen LogP contribution in [0.25, 0.3) is 27.7 Å². The van der Waals surface area contributed by atoms with Crippen LogP contribution in [-0.4, -0.2) is 46.5 Å². The van der Waals surface area contributed by atoms with Gasteiger partial charge in [0.05, 0.1) is 38.4 Å². The normalized spacial score (nSPS) is 10.9. The van der Waals surface area contributed by atoms with E-state index >= 15 is 0 Å². The third kappa shape index (κ3) is 3.70. The number of nitrogens with one attached hydrogen (secondary N) is 1. The highest BCUT2D eigenvalue weighted by atomic mass is 16.5. The number of nitrogens with zero attached hydrogens (tertiary/aromatic N) is 4. The van der Waals surface area contributed by atoms with E-state index in [1.807, 2.05) is 30.3 Å². The van der Waals surface area contributed by atoms with Crippen LogP contribution in [0.1, 0.15) is 10.4 Å². The number of pyridine rings is 1. The predicted octanol–water partition coefficient (Wildman–Crippen LogP) is 3.12. The Morgan fingerprint density at radius 2 is 1.66 bits per heavy atom. The number of methoxy groups -OCH3 is 3. The monoisotopic (exact) mass is 471 g/mol. The van der Waals surface area contributed by atoms with E-state index in [0.717, 1.165) is 15.8 Å². The molecule has 5 rings (SSSR count). The first-order chi connectivity index (χ1) is 17.0. The minimum Gasteiger partial charge on any atom is -0.493 e. The first-order valence-corrected chi connectivity index (χ1v) is 10.6. The van der Waals surface area contributed by atoms with Crippen LogP contribution in [-0.2, 0) is 0 Å². The molecule has 0 spiro atoms. The lowest BCUT2D eigenvalue weighted by molar-refractivity contribution is 0.101. The van der Waals surface area contributed by atoms with Gasteiger partial charge in [-0.1, -0.05) is 30.3 Å². The Bertz CT molecular complexity index is 1600. The van der Waals surface area contributed by atoms with Gasteiger partial charge >= 0.3 is 0 Å². The highest BCUT2D eigenvalue weighted by Crippen LogP contribution is 2.38. The Hall–Kier alpha value is -4.86. The highest BCUT2D eigenvalue weighted by molar-refractivity contribution is 6.01. The third-order valence-electron chi connectivity index (χ3n) is 5.63. The second-order valence-corrected chi connectivity index (χ2v) is 7.56. The number of carbonyl (C=O) groups excluding carboxylic acids is 1. The quantitative estimate of drug-likeness (QED) is 0.405. The number of benzene rings is 2. The van der Waals surface area contributed by atoms with Gasteiger partial charge in [0.25, 0.3) is 11.5 Å². The molecule has 3 aromatic heterocycles. The van der Waals surface area contributed by atoms with Gasteiger partial charge in [0.2, 0.25) is 5.75 Å². The smallest absolute Gasteiger partial charge is 0.280 e. The number of hydrogen-bond donors (Lipinski definition) is 1. The van der Waals surface area contributed by atoms with Gasteiger partial charge in [-0.25, -0.2) is 14.2 Å². The molecule has 0 atom stereocenters. The Morgan fingerprint density at radius 1 is 0.943 bits per heavy atom. The van der Waals surface area contributed by atoms with Gasteiger partial charge in [0, 0.05) is 23.5 Å². The van der Waals surface area contributed by atoms with Crippen molar-refractivity contribution in [1.82, 2.24) is 19.3 Å². The van der Waals surface area contributed by atoms with Crippen LogP contribution >= 0.6 is 0 Å². The van der Waals surface area contributed by atoms with Gasteiger partial charge in [-0.3, -0.25) is 15.0 Å². The van der Waals surface area contributed by atoms with Crippen molar-refractivity contribution in [2.24, 2.45) is 0 Å². The molecule has 0 fully saturated rings. The van der Waals surface area contributed by atoms with Crippen LogP contribution in [0.3, 0.4) is 0 Å².